The second kappa shape index (κ2) is 4.83. The van der Waals surface area contributed by atoms with Gasteiger partial charge in [0, 0.05) is 34.8 Å². The van der Waals surface area contributed by atoms with Crippen LogP contribution in [0.2, 0.25) is 0 Å². The first kappa shape index (κ1) is 11.3. The first-order chi connectivity index (χ1) is 9.38. The number of fused-ring (bicyclic) bond motifs is 1. The molecule has 0 unspecified atom stereocenters. The molecule has 4 nitrogen and oxygen atoms in total. The van der Waals surface area contributed by atoms with Crippen molar-refractivity contribution in [2.75, 3.05) is 5.32 Å². The maximum absolute atomic E-state index is 9.12. The van der Waals surface area contributed by atoms with Crippen LogP contribution in [0.1, 0.15) is 11.1 Å². The molecule has 0 radical (unpaired) electrons. The predicted octanol–water partition coefficient (Wildman–Crippen LogP) is 3.05. The highest BCUT2D eigenvalue weighted by molar-refractivity contribution is 5.97. The minimum Gasteiger partial charge on any atom is -0.380 e. The second-order valence-corrected chi connectivity index (χ2v) is 4.28. The van der Waals surface area contributed by atoms with Crippen LogP contribution in [0.3, 0.4) is 0 Å². The van der Waals surface area contributed by atoms with E-state index in [4.69, 9.17) is 5.26 Å². The van der Waals surface area contributed by atoms with Gasteiger partial charge >= 0.3 is 0 Å². The molecule has 19 heavy (non-hydrogen) atoms. The molecule has 0 saturated heterocycles. The predicted molar refractivity (Wildman–Crippen MR) is 74.6 cm³/mol. The van der Waals surface area contributed by atoms with Gasteiger partial charge in [-0.2, -0.15) is 10.4 Å². The largest absolute Gasteiger partial charge is 0.380 e. The standard InChI is InChI=1S/C15H12N4/c16-7-12-5-6-15(14-4-2-1-3-13(12)14)17-8-11-9-18-19-10-11/h1-6,9-10,17H,8H2,(H,18,19). The molecule has 92 valence electrons. The molecule has 0 amide bonds. The van der Waals surface area contributed by atoms with E-state index in [1.165, 1.54) is 0 Å². The van der Waals surface area contributed by atoms with E-state index in [0.29, 0.717) is 12.1 Å². The van der Waals surface area contributed by atoms with Crippen molar-refractivity contribution in [3.63, 3.8) is 0 Å². The van der Waals surface area contributed by atoms with Crippen molar-refractivity contribution >= 4 is 16.5 Å². The lowest BCUT2D eigenvalue weighted by Gasteiger charge is -2.09. The van der Waals surface area contributed by atoms with E-state index in [2.05, 4.69) is 21.6 Å². The third kappa shape index (κ3) is 2.14. The Morgan fingerprint density at radius 3 is 2.74 bits per heavy atom. The minimum absolute atomic E-state index is 0.699. The Morgan fingerprint density at radius 2 is 2.00 bits per heavy atom. The molecule has 1 heterocycles. The van der Waals surface area contributed by atoms with Crippen molar-refractivity contribution in [1.82, 2.24) is 10.2 Å². The van der Waals surface area contributed by atoms with Gasteiger partial charge in [0.15, 0.2) is 0 Å². The van der Waals surface area contributed by atoms with Crippen molar-refractivity contribution in [1.29, 1.82) is 5.26 Å². The van der Waals surface area contributed by atoms with Crippen molar-refractivity contribution in [2.24, 2.45) is 0 Å². The summed E-state index contributed by atoms with van der Waals surface area (Å²) in [6.07, 6.45) is 3.65. The molecule has 0 spiro atoms. The molecule has 4 heteroatoms. The summed E-state index contributed by atoms with van der Waals surface area (Å²) >= 11 is 0. The number of nitrogens with one attached hydrogen (secondary N) is 2. The monoisotopic (exact) mass is 248 g/mol. The van der Waals surface area contributed by atoms with Gasteiger partial charge in [-0.15, -0.1) is 0 Å². The van der Waals surface area contributed by atoms with Crippen LogP contribution < -0.4 is 5.32 Å². The third-order valence-electron chi connectivity index (χ3n) is 3.08. The molecule has 1 aromatic heterocycles. The van der Waals surface area contributed by atoms with Crippen LogP contribution >= 0.6 is 0 Å². The summed E-state index contributed by atoms with van der Waals surface area (Å²) < 4.78 is 0. The van der Waals surface area contributed by atoms with E-state index in [0.717, 1.165) is 22.0 Å². The average molecular weight is 248 g/mol. The number of hydrogen-bond donors (Lipinski definition) is 2. The number of aromatic nitrogens is 2. The van der Waals surface area contributed by atoms with Crippen LogP contribution in [0, 0.1) is 11.3 Å². The molecule has 0 atom stereocenters. The lowest BCUT2D eigenvalue weighted by atomic mass is 10.0. The van der Waals surface area contributed by atoms with Crippen molar-refractivity contribution in [3.8, 4) is 6.07 Å². The zero-order valence-electron chi connectivity index (χ0n) is 10.2. The van der Waals surface area contributed by atoms with E-state index in [-0.39, 0.29) is 0 Å². The Balaban J connectivity index is 1.98. The summed E-state index contributed by atoms with van der Waals surface area (Å²) in [7, 11) is 0. The second-order valence-electron chi connectivity index (χ2n) is 4.28. The highest BCUT2D eigenvalue weighted by Gasteiger charge is 2.05. The quantitative estimate of drug-likeness (QED) is 0.748. The average Bonchev–Trinajstić information content (AvgIpc) is 2.98. The lowest BCUT2D eigenvalue weighted by Crippen LogP contribution is -1.99. The van der Waals surface area contributed by atoms with Crippen molar-refractivity contribution in [3.05, 3.63) is 59.9 Å². The fourth-order valence-corrected chi connectivity index (χ4v) is 2.12. The van der Waals surface area contributed by atoms with Gasteiger partial charge in [0.05, 0.1) is 17.8 Å². The number of rotatable bonds is 3. The van der Waals surface area contributed by atoms with Crippen molar-refractivity contribution < 1.29 is 0 Å². The van der Waals surface area contributed by atoms with Gasteiger partial charge in [-0.05, 0) is 12.1 Å². The van der Waals surface area contributed by atoms with Crippen LogP contribution in [-0.4, -0.2) is 10.2 Å². The van der Waals surface area contributed by atoms with Gasteiger partial charge in [0.25, 0.3) is 0 Å². The van der Waals surface area contributed by atoms with E-state index < -0.39 is 0 Å². The Hall–Kier alpha value is -2.80. The van der Waals surface area contributed by atoms with Crippen LogP contribution in [-0.2, 0) is 6.54 Å². The highest BCUT2D eigenvalue weighted by atomic mass is 15.1. The van der Waals surface area contributed by atoms with E-state index in [1.54, 1.807) is 6.20 Å². The van der Waals surface area contributed by atoms with Crippen LogP contribution in [0.4, 0.5) is 5.69 Å². The highest BCUT2D eigenvalue weighted by Crippen LogP contribution is 2.26. The van der Waals surface area contributed by atoms with Gasteiger partial charge in [0.2, 0.25) is 0 Å². The molecule has 0 fully saturated rings. The summed E-state index contributed by atoms with van der Waals surface area (Å²) in [6, 6.07) is 13.9. The lowest BCUT2D eigenvalue weighted by molar-refractivity contribution is 1.09. The minimum atomic E-state index is 0.699. The molecular formula is C15H12N4. The Bertz CT molecular complexity index is 738. The molecule has 3 rings (SSSR count). The molecule has 3 aromatic rings. The molecule has 2 N–H and O–H groups in total. The first-order valence-corrected chi connectivity index (χ1v) is 6.02. The number of H-pyrrole nitrogens is 1. The molecule has 0 bridgehead atoms. The normalized spacial score (nSPS) is 10.3. The molecular weight excluding hydrogens is 236 g/mol. The summed E-state index contributed by atoms with van der Waals surface area (Å²) in [6.45, 7) is 0.701. The van der Waals surface area contributed by atoms with Gasteiger partial charge in [0.1, 0.15) is 0 Å². The maximum Gasteiger partial charge on any atom is 0.0998 e. The van der Waals surface area contributed by atoms with Crippen LogP contribution in [0.5, 0.6) is 0 Å². The van der Waals surface area contributed by atoms with E-state index >= 15 is 0 Å². The van der Waals surface area contributed by atoms with Crippen LogP contribution in [0.15, 0.2) is 48.8 Å². The smallest absolute Gasteiger partial charge is 0.0998 e. The van der Waals surface area contributed by atoms with Gasteiger partial charge < -0.3 is 5.32 Å². The summed E-state index contributed by atoms with van der Waals surface area (Å²) in [4.78, 5) is 0. The van der Waals surface area contributed by atoms with E-state index in [1.807, 2.05) is 42.6 Å². The maximum atomic E-state index is 9.12. The molecule has 0 aliphatic carbocycles. The third-order valence-corrected chi connectivity index (χ3v) is 3.08. The number of aromatic amines is 1. The number of anilines is 1. The van der Waals surface area contributed by atoms with Gasteiger partial charge in [-0.25, -0.2) is 0 Å². The number of nitrogens with zero attached hydrogens (tertiary/aromatic N) is 2. The van der Waals surface area contributed by atoms with Gasteiger partial charge in [-0.1, -0.05) is 24.3 Å². The summed E-state index contributed by atoms with van der Waals surface area (Å²) in [5, 5.41) is 21.2. The zero-order chi connectivity index (χ0) is 13.1. The number of benzene rings is 2. The SMILES string of the molecule is N#Cc1ccc(NCc2cn[nH]c2)c2ccccc12. The summed E-state index contributed by atoms with van der Waals surface area (Å²) in [5.41, 5.74) is 2.81. The van der Waals surface area contributed by atoms with Gasteiger partial charge in [-0.3, -0.25) is 5.10 Å². The zero-order valence-corrected chi connectivity index (χ0v) is 10.2. The van der Waals surface area contributed by atoms with Crippen LogP contribution in [0.25, 0.3) is 10.8 Å². The molecule has 0 aliphatic heterocycles. The number of hydrogen-bond acceptors (Lipinski definition) is 3. The van der Waals surface area contributed by atoms with E-state index in [9.17, 15) is 0 Å². The molecule has 0 saturated carbocycles. The Kier molecular flexibility index (Phi) is 2.87. The van der Waals surface area contributed by atoms with Crippen molar-refractivity contribution in [2.45, 2.75) is 6.54 Å². The topological polar surface area (TPSA) is 64.5 Å². The Labute approximate surface area is 110 Å². The molecule has 0 aliphatic rings. The fraction of sp³-hybridized carbons (Fsp3) is 0.0667. The summed E-state index contributed by atoms with van der Waals surface area (Å²) in [5.74, 6) is 0. The Morgan fingerprint density at radius 1 is 1.16 bits per heavy atom. The first-order valence-electron chi connectivity index (χ1n) is 6.02. The molecule has 2 aromatic carbocycles. The number of nitriles is 1. The fourth-order valence-electron chi connectivity index (χ4n) is 2.12.